The highest BCUT2D eigenvalue weighted by Crippen LogP contribution is 2.39. The maximum Gasteiger partial charge on any atom is 0.247 e. The van der Waals surface area contributed by atoms with E-state index >= 15 is 0 Å². The molecule has 132 valence electrons. The molecule has 0 saturated carbocycles. The molecule has 0 radical (unpaired) electrons. The predicted octanol–water partition coefficient (Wildman–Crippen LogP) is 2.54. The number of halogens is 1. The molecule has 3 rings (SSSR count). The first-order valence-corrected chi connectivity index (χ1v) is 8.46. The van der Waals surface area contributed by atoms with Gasteiger partial charge in [-0.3, -0.25) is 19.3 Å². The van der Waals surface area contributed by atoms with Crippen LogP contribution in [0.1, 0.15) is 19.8 Å². The van der Waals surface area contributed by atoms with Gasteiger partial charge in [-0.2, -0.15) is 0 Å². The van der Waals surface area contributed by atoms with E-state index in [0.29, 0.717) is 29.3 Å². The zero-order chi connectivity index (χ0) is 18.1. The zero-order valence-corrected chi connectivity index (χ0v) is 14.7. The van der Waals surface area contributed by atoms with Crippen LogP contribution in [0.2, 0.25) is 0 Å². The van der Waals surface area contributed by atoms with Crippen LogP contribution in [-0.4, -0.2) is 35.8 Å². The molecule has 6 nitrogen and oxygen atoms in total. The molecule has 0 unspecified atom stereocenters. The second-order valence-electron chi connectivity index (χ2n) is 6.24. The SMILES string of the molecule is COc1ccc(NC(=O)[C@H](C)N2C(=O)[C@H]3CC=C(Cl)C[C@H]3C2=O)cc1. The van der Waals surface area contributed by atoms with E-state index in [1.54, 1.807) is 44.4 Å². The fourth-order valence-corrected chi connectivity index (χ4v) is 3.53. The first-order chi connectivity index (χ1) is 11.9. The van der Waals surface area contributed by atoms with Crippen molar-refractivity contribution in [3.05, 3.63) is 35.4 Å². The summed E-state index contributed by atoms with van der Waals surface area (Å²) in [5.41, 5.74) is 0.568. The van der Waals surface area contributed by atoms with E-state index in [0.717, 1.165) is 4.90 Å². The van der Waals surface area contributed by atoms with Gasteiger partial charge in [0.1, 0.15) is 11.8 Å². The third-order valence-electron chi connectivity index (χ3n) is 4.73. The van der Waals surface area contributed by atoms with Crippen LogP contribution in [0.4, 0.5) is 5.69 Å². The van der Waals surface area contributed by atoms with Gasteiger partial charge < -0.3 is 10.1 Å². The first-order valence-electron chi connectivity index (χ1n) is 8.08. The van der Waals surface area contributed by atoms with Gasteiger partial charge in [0, 0.05) is 10.7 Å². The van der Waals surface area contributed by atoms with Crippen molar-refractivity contribution in [3.8, 4) is 5.75 Å². The minimum absolute atomic E-state index is 0.298. The largest absolute Gasteiger partial charge is 0.497 e. The predicted molar refractivity (Wildman–Crippen MR) is 93.1 cm³/mol. The number of nitrogens with zero attached hydrogens (tertiary/aromatic N) is 1. The van der Waals surface area contributed by atoms with Crippen LogP contribution in [0.15, 0.2) is 35.4 Å². The molecule has 2 aliphatic rings. The lowest BCUT2D eigenvalue weighted by molar-refractivity contribution is -0.146. The highest BCUT2D eigenvalue weighted by Gasteiger charge is 2.51. The Hall–Kier alpha value is -2.34. The Kier molecular flexibility index (Phi) is 4.81. The first kappa shape index (κ1) is 17.5. The number of imide groups is 1. The molecule has 1 aliphatic heterocycles. The molecule has 1 saturated heterocycles. The number of carbonyl (C=O) groups is 3. The molecule has 0 aromatic heterocycles. The Morgan fingerprint density at radius 3 is 2.52 bits per heavy atom. The van der Waals surface area contributed by atoms with Gasteiger partial charge in [-0.05, 0) is 44.0 Å². The molecule has 0 bridgehead atoms. The summed E-state index contributed by atoms with van der Waals surface area (Å²) in [7, 11) is 1.56. The number of allylic oxidation sites excluding steroid dienone is 2. The van der Waals surface area contributed by atoms with E-state index in [1.165, 1.54) is 0 Å². The number of benzene rings is 1. The monoisotopic (exact) mass is 362 g/mol. The minimum Gasteiger partial charge on any atom is -0.497 e. The number of hydrogen-bond donors (Lipinski definition) is 1. The van der Waals surface area contributed by atoms with Crippen LogP contribution < -0.4 is 10.1 Å². The quantitative estimate of drug-likeness (QED) is 0.835. The van der Waals surface area contributed by atoms with Gasteiger partial charge in [-0.1, -0.05) is 17.7 Å². The molecule has 1 aromatic rings. The summed E-state index contributed by atoms with van der Waals surface area (Å²) in [6.45, 7) is 1.56. The van der Waals surface area contributed by atoms with Crippen LogP contribution in [0.25, 0.3) is 0 Å². The zero-order valence-electron chi connectivity index (χ0n) is 14.0. The number of nitrogens with one attached hydrogen (secondary N) is 1. The fraction of sp³-hybridized carbons (Fsp3) is 0.389. The number of carbonyl (C=O) groups excluding carboxylic acids is 3. The second kappa shape index (κ2) is 6.88. The summed E-state index contributed by atoms with van der Waals surface area (Å²) in [5.74, 6) is -1.23. The lowest BCUT2D eigenvalue weighted by Gasteiger charge is -2.22. The van der Waals surface area contributed by atoms with Gasteiger partial charge in [0.15, 0.2) is 0 Å². The maximum absolute atomic E-state index is 12.6. The van der Waals surface area contributed by atoms with Gasteiger partial charge in [-0.25, -0.2) is 0 Å². The van der Waals surface area contributed by atoms with E-state index < -0.39 is 23.8 Å². The van der Waals surface area contributed by atoms with Crippen molar-refractivity contribution in [1.82, 2.24) is 4.90 Å². The van der Waals surface area contributed by atoms with Gasteiger partial charge in [0.05, 0.1) is 18.9 Å². The smallest absolute Gasteiger partial charge is 0.247 e. The molecular formula is C18H19ClN2O4. The van der Waals surface area contributed by atoms with Gasteiger partial charge >= 0.3 is 0 Å². The van der Waals surface area contributed by atoms with E-state index in [4.69, 9.17) is 16.3 Å². The molecule has 0 spiro atoms. The highest BCUT2D eigenvalue weighted by molar-refractivity contribution is 6.30. The Morgan fingerprint density at radius 1 is 1.24 bits per heavy atom. The van der Waals surface area contributed by atoms with E-state index in [2.05, 4.69) is 5.32 Å². The van der Waals surface area contributed by atoms with Crippen LogP contribution in [-0.2, 0) is 14.4 Å². The van der Waals surface area contributed by atoms with Crippen molar-refractivity contribution in [2.24, 2.45) is 11.8 Å². The molecular weight excluding hydrogens is 344 g/mol. The van der Waals surface area contributed by atoms with Gasteiger partial charge in [0.25, 0.3) is 0 Å². The summed E-state index contributed by atoms with van der Waals surface area (Å²) < 4.78 is 5.07. The summed E-state index contributed by atoms with van der Waals surface area (Å²) in [4.78, 5) is 38.7. The van der Waals surface area contributed by atoms with Crippen LogP contribution in [0, 0.1) is 11.8 Å². The van der Waals surface area contributed by atoms with Crippen molar-refractivity contribution in [2.75, 3.05) is 12.4 Å². The lowest BCUT2D eigenvalue weighted by Crippen LogP contribution is -2.46. The Bertz CT molecular complexity index is 744. The molecule has 1 fully saturated rings. The van der Waals surface area contributed by atoms with Crippen LogP contribution >= 0.6 is 11.6 Å². The van der Waals surface area contributed by atoms with Gasteiger partial charge in [0.2, 0.25) is 17.7 Å². The molecule has 1 aromatic carbocycles. The maximum atomic E-state index is 12.6. The molecule has 3 atom stereocenters. The topological polar surface area (TPSA) is 75.7 Å². The summed E-state index contributed by atoms with van der Waals surface area (Å²) >= 11 is 6.01. The highest BCUT2D eigenvalue weighted by atomic mass is 35.5. The number of likely N-dealkylation sites (tertiary alicyclic amines) is 1. The van der Waals surface area contributed by atoms with Crippen LogP contribution in [0.3, 0.4) is 0 Å². The van der Waals surface area contributed by atoms with E-state index in [1.807, 2.05) is 0 Å². The molecule has 1 N–H and O–H groups in total. The number of methoxy groups -OCH3 is 1. The average Bonchev–Trinajstić information content (AvgIpc) is 2.85. The fourth-order valence-electron chi connectivity index (χ4n) is 3.27. The molecule has 3 amide bonds. The third-order valence-corrected chi connectivity index (χ3v) is 5.04. The Morgan fingerprint density at radius 2 is 1.88 bits per heavy atom. The summed E-state index contributed by atoms with van der Waals surface area (Å²) in [6.07, 6.45) is 2.58. The van der Waals surface area contributed by atoms with Crippen molar-refractivity contribution in [2.45, 2.75) is 25.8 Å². The summed E-state index contributed by atoms with van der Waals surface area (Å²) in [5, 5.41) is 3.32. The van der Waals surface area contributed by atoms with Gasteiger partial charge in [-0.15, -0.1) is 0 Å². The standard InChI is InChI=1S/C18H19ClN2O4/c1-10(16(22)20-12-4-6-13(25-2)7-5-12)21-17(23)14-8-3-11(19)9-15(14)18(21)24/h3-7,10,14-15H,8-9H2,1-2H3,(H,20,22)/t10-,14-,15+/m0/s1. The minimum atomic E-state index is -0.883. The molecule has 1 heterocycles. The number of fused-ring (bicyclic) bond motifs is 1. The number of amides is 3. The lowest BCUT2D eigenvalue weighted by atomic mass is 9.85. The Labute approximate surface area is 150 Å². The van der Waals surface area contributed by atoms with Crippen molar-refractivity contribution >= 4 is 35.0 Å². The molecule has 7 heteroatoms. The number of hydrogen-bond acceptors (Lipinski definition) is 4. The number of ether oxygens (including phenoxy) is 1. The van der Waals surface area contributed by atoms with E-state index in [9.17, 15) is 14.4 Å². The molecule has 1 aliphatic carbocycles. The van der Waals surface area contributed by atoms with Crippen molar-refractivity contribution in [1.29, 1.82) is 0 Å². The Balaban J connectivity index is 1.71. The second-order valence-corrected chi connectivity index (χ2v) is 6.73. The third kappa shape index (κ3) is 3.26. The number of anilines is 1. The number of rotatable bonds is 4. The average molecular weight is 363 g/mol. The van der Waals surface area contributed by atoms with Crippen LogP contribution in [0.5, 0.6) is 5.75 Å². The van der Waals surface area contributed by atoms with Crippen molar-refractivity contribution in [3.63, 3.8) is 0 Å². The summed E-state index contributed by atoms with van der Waals surface area (Å²) in [6, 6.07) is 5.94. The van der Waals surface area contributed by atoms with E-state index in [-0.39, 0.29) is 11.8 Å². The molecule has 25 heavy (non-hydrogen) atoms. The van der Waals surface area contributed by atoms with Crippen molar-refractivity contribution < 1.29 is 19.1 Å². The normalized spacial score (nSPS) is 23.8.